The van der Waals surface area contributed by atoms with E-state index >= 15 is 0 Å². The van der Waals surface area contributed by atoms with E-state index in [0.717, 1.165) is 11.5 Å². The van der Waals surface area contributed by atoms with Crippen LogP contribution in [0.2, 0.25) is 0 Å². The van der Waals surface area contributed by atoms with Crippen molar-refractivity contribution in [2.45, 2.75) is 25.7 Å². The molecule has 0 heterocycles. The number of rotatable bonds is 2. The highest BCUT2D eigenvalue weighted by molar-refractivity contribution is 6.30. The fraction of sp³-hybridized carbons (Fsp3) is 0.333. The summed E-state index contributed by atoms with van der Waals surface area (Å²) in [4.78, 5) is 0. The molecule has 13 heavy (non-hydrogen) atoms. The topological polar surface area (TPSA) is 0 Å². The van der Waals surface area contributed by atoms with Gasteiger partial charge in [0.1, 0.15) is 0 Å². The lowest BCUT2D eigenvalue weighted by Crippen LogP contribution is -2.00. The lowest BCUT2D eigenvalue weighted by atomic mass is 9.91. The van der Waals surface area contributed by atoms with Gasteiger partial charge >= 0.3 is 0 Å². The number of halogens is 1. The van der Waals surface area contributed by atoms with Crippen LogP contribution >= 0.6 is 11.6 Å². The Morgan fingerprint density at radius 2 is 1.85 bits per heavy atom. The second-order valence-corrected chi connectivity index (χ2v) is 3.98. The van der Waals surface area contributed by atoms with E-state index < -0.39 is 0 Å². The van der Waals surface area contributed by atoms with Gasteiger partial charge in [-0.15, -0.1) is 0 Å². The van der Waals surface area contributed by atoms with Gasteiger partial charge in [-0.25, -0.2) is 0 Å². The molecule has 0 aromatic heterocycles. The maximum atomic E-state index is 6.20. The summed E-state index contributed by atoms with van der Waals surface area (Å²) in [6.45, 7) is 0. The molecule has 0 aliphatic heterocycles. The number of hydrogen-bond donors (Lipinski definition) is 0. The van der Waals surface area contributed by atoms with Gasteiger partial charge in [0.05, 0.1) is 0 Å². The van der Waals surface area contributed by atoms with Crippen molar-refractivity contribution >= 4 is 11.6 Å². The van der Waals surface area contributed by atoms with Gasteiger partial charge in [0.2, 0.25) is 0 Å². The maximum absolute atomic E-state index is 6.20. The van der Waals surface area contributed by atoms with Crippen molar-refractivity contribution in [3.8, 4) is 0 Å². The summed E-state index contributed by atoms with van der Waals surface area (Å²) in [6, 6.07) is 10.4. The van der Waals surface area contributed by atoms with Crippen LogP contribution in [0.15, 0.2) is 40.9 Å². The Morgan fingerprint density at radius 3 is 2.38 bits per heavy atom. The van der Waals surface area contributed by atoms with Gasteiger partial charge in [-0.1, -0.05) is 47.5 Å². The molecule has 0 saturated heterocycles. The van der Waals surface area contributed by atoms with Crippen LogP contribution in [0.1, 0.15) is 24.8 Å². The number of benzene rings is 1. The summed E-state index contributed by atoms with van der Waals surface area (Å²) in [5, 5.41) is 1.07. The molecule has 0 nitrogen and oxygen atoms in total. The molecule has 1 saturated carbocycles. The van der Waals surface area contributed by atoms with Gasteiger partial charge in [-0.2, -0.15) is 0 Å². The molecule has 0 radical (unpaired) electrons. The van der Waals surface area contributed by atoms with Crippen molar-refractivity contribution < 1.29 is 0 Å². The molecule has 1 aromatic rings. The zero-order valence-electron chi connectivity index (χ0n) is 7.59. The first-order valence-electron chi connectivity index (χ1n) is 4.76. The van der Waals surface area contributed by atoms with E-state index in [-0.39, 0.29) is 0 Å². The first-order valence-corrected chi connectivity index (χ1v) is 5.14. The molecule has 0 amide bonds. The largest absolute Gasteiger partial charge is 0.0888 e. The van der Waals surface area contributed by atoms with Crippen LogP contribution < -0.4 is 0 Å². The van der Waals surface area contributed by atoms with Crippen molar-refractivity contribution in [3.63, 3.8) is 0 Å². The van der Waals surface area contributed by atoms with Gasteiger partial charge in [0.15, 0.2) is 0 Å². The first-order chi connectivity index (χ1) is 6.36. The minimum atomic E-state index is 0.914. The molecule has 0 spiro atoms. The summed E-state index contributed by atoms with van der Waals surface area (Å²) < 4.78 is 0. The third-order valence-corrected chi connectivity index (χ3v) is 2.94. The minimum absolute atomic E-state index is 0.914. The highest BCUT2D eigenvalue weighted by atomic mass is 35.5. The lowest BCUT2D eigenvalue weighted by molar-refractivity contribution is 0.655. The SMILES string of the molecule is ClC(Cc1ccccc1)=C1CCC1. The minimum Gasteiger partial charge on any atom is -0.0888 e. The Hall–Kier alpha value is -0.750. The summed E-state index contributed by atoms with van der Waals surface area (Å²) >= 11 is 6.20. The fourth-order valence-corrected chi connectivity index (χ4v) is 1.87. The van der Waals surface area contributed by atoms with E-state index in [0.29, 0.717) is 0 Å². The Morgan fingerprint density at radius 1 is 1.15 bits per heavy atom. The second-order valence-electron chi connectivity index (χ2n) is 3.52. The highest BCUT2D eigenvalue weighted by Gasteiger charge is 2.12. The summed E-state index contributed by atoms with van der Waals surface area (Å²) in [6.07, 6.45) is 4.66. The van der Waals surface area contributed by atoms with Crippen LogP contribution in [0, 0.1) is 0 Å². The summed E-state index contributed by atoms with van der Waals surface area (Å²) in [7, 11) is 0. The van der Waals surface area contributed by atoms with Gasteiger partial charge < -0.3 is 0 Å². The Bertz CT molecular complexity index is 305. The van der Waals surface area contributed by atoms with Crippen molar-refractivity contribution in [1.29, 1.82) is 0 Å². The van der Waals surface area contributed by atoms with E-state index in [1.54, 1.807) is 0 Å². The predicted octanol–water partition coefficient (Wildman–Crippen LogP) is 3.91. The second kappa shape index (κ2) is 3.97. The number of allylic oxidation sites excluding steroid dienone is 2. The molecule has 1 fully saturated rings. The van der Waals surface area contributed by atoms with E-state index in [9.17, 15) is 0 Å². The Kier molecular flexibility index (Phi) is 2.70. The van der Waals surface area contributed by atoms with Crippen molar-refractivity contribution in [2.24, 2.45) is 0 Å². The molecule has 0 N–H and O–H groups in total. The highest BCUT2D eigenvalue weighted by Crippen LogP contribution is 2.31. The third-order valence-electron chi connectivity index (χ3n) is 2.54. The predicted molar refractivity (Wildman–Crippen MR) is 56.9 cm³/mol. The maximum Gasteiger partial charge on any atom is 0.0216 e. The smallest absolute Gasteiger partial charge is 0.0216 e. The van der Waals surface area contributed by atoms with Gasteiger partial charge in [-0.05, 0) is 24.8 Å². The Labute approximate surface area is 84.2 Å². The zero-order valence-corrected chi connectivity index (χ0v) is 8.35. The lowest BCUT2D eigenvalue weighted by Gasteiger charge is -2.18. The molecule has 1 aliphatic rings. The molecule has 0 bridgehead atoms. The average molecular weight is 193 g/mol. The molecule has 68 valence electrons. The van der Waals surface area contributed by atoms with Crippen molar-refractivity contribution in [2.75, 3.05) is 0 Å². The molecular weight excluding hydrogens is 180 g/mol. The monoisotopic (exact) mass is 192 g/mol. The van der Waals surface area contributed by atoms with Crippen LogP contribution in [0.5, 0.6) is 0 Å². The van der Waals surface area contributed by atoms with Crippen LogP contribution in [-0.4, -0.2) is 0 Å². The molecule has 2 rings (SSSR count). The molecular formula is C12H13Cl. The van der Waals surface area contributed by atoms with Gasteiger partial charge in [0, 0.05) is 11.5 Å². The van der Waals surface area contributed by atoms with Crippen LogP contribution in [0.4, 0.5) is 0 Å². The fourth-order valence-electron chi connectivity index (χ4n) is 1.52. The quantitative estimate of drug-likeness (QED) is 0.667. The van der Waals surface area contributed by atoms with E-state index in [2.05, 4.69) is 24.3 Å². The van der Waals surface area contributed by atoms with E-state index in [1.165, 1.54) is 30.4 Å². The molecule has 1 aromatic carbocycles. The average Bonchev–Trinajstić information content (AvgIpc) is 2.02. The molecule has 0 atom stereocenters. The van der Waals surface area contributed by atoms with E-state index in [1.807, 2.05) is 6.07 Å². The Balaban J connectivity index is 2.06. The standard InChI is InChI=1S/C12H13Cl/c13-12(11-7-4-8-11)9-10-5-2-1-3-6-10/h1-3,5-6H,4,7-9H2. The van der Waals surface area contributed by atoms with Crippen LogP contribution in [0.3, 0.4) is 0 Å². The van der Waals surface area contributed by atoms with Crippen molar-refractivity contribution in [1.82, 2.24) is 0 Å². The summed E-state index contributed by atoms with van der Waals surface area (Å²) in [5.74, 6) is 0. The third kappa shape index (κ3) is 2.13. The van der Waals surface area contributed by atoms with Crippen LogP contribution in [-0.2, 0) is 6.42 Å². The van der Waals surface area contributed by atoms with Crippen LogP contribution in [0.25, 0.3) is 0 Å². The van der Waals surface area contributed by atoms with Gasteiger partial charge in [0.25, 0.3) is 0 Å². The number of hydrogen-bond acceptors (Lipinski definition) is 0. The molecule has 0 unspecified atom stereocenters. The molecule has 1 aliphatic carbocycles. The first kappa shape index (κ1) is 8.83. The van der Waals surface area contributed by atoms with Crippen molar-refractivity contribution in [3.05, 3.63) is 46.5 Å². The van der Waals surface area contributed by atoms with Gasteiger partial charge in [-0.3, -0.25) is 0 Å². The zero-order chi connectivity index (χ0) is 9.10. The normalized spacial score (nSPS) is 15.3. The summed E-state index contributed by atoms with van der Waals surface area (Å²) in [5.41, 5.74) is 2.78. The van der Waals surface area contributed by atoms with E-state index in [4.69, 9.17) is 11.6 Å². The molecule has 1 heteroatoms.